The molecule has 0 saturated heterocycles. The number of nitrogens with zero attached hydrogens (tertiary/aromatic N) is 7. The summed E-state index contributed by atoms with van der Waals surface area (Å²) in [4.78, 5) is 31.3. The van der Waals surface area contributed by atoms with Gasteiger partial charge >= 0.3 is 0 Å². The summed E-state index contributed by atoms with van der Waals surface area (Å²) in [5, 5.41) is 17.1. The van der Waals surface area contributed by atoms with E-state index in [4.69, 9.17) is 15.7 Å². The molecule has 1 amide bonds. The number of hydrogen-bond acceptors (Lipinski definition) is 8. The van der Waals surface area contributed by atoms with Gasteiger partial charge in [-0.1, -0.05) is 6.07 Å². The van der Waals surface area contributed by atoms with E-state index in [-0.39, 0.29) is 18.6 Å². The van der Waals surface area contributed by atoms with Gasteiger partial charge in [0.05, 0.1) is 29.5 Å². The van der Waals surface area contributed by atoms with Crippen molar-refractivity contribution >= 4 is 22.9 Å². The Morgan fingerprint density at radius 1 is 1.02 bits per heavy atom. The molecule has 1 aromatic carbocycles. The number of fused-ring (bicyclic) bond motifs is 2. The van der Waals surface area contributed by atoms with Crippen LogP contribution in [0.15, 0.2) is 85.5 Å². The molecule has 0 aliphatic heterocycles. The highest BCUT2D eigenvalue weighted by Crippen LogP contribution is 2.36. The second-order valence-electron chi connectivity index (χ2n) is 9.77. The van der Waals surface area contributed by atoms with Crippen LogP contribution < -0.4 is 11.1 Å². The number of nitrogens with two attached hydrogens (primary N) is 1. The Bertz CT molecular complexity index is 1910. The molecule has 4 N–H and O–H groups in total. The number of rotatable bonds is 6. The van der Waals surface area contributed by atoms with Gasteiger partial charge in [0.2, 0.25) is 0 Å². The third-order valence-electron chi connectivity index (χ3n) is 7.36. The molecular weight excluding hydrogens is 518 g/mol. The van der Waals surface area contributed by atoms with Gasteiger partial charge in [-0.3, -0.25) is 14.3 Å². The molecular formula is C30H25N9O2. The number of benzene rings is 1. The van der Waals surface area contributed by atoms with Gasteiger partial charge in [0.25, 0.3) is 5.91 Å². The van der Waals surface area contributed by atoms with E-state index in [1.807, 2.05) is 53.2 Å². The van der Waals surface area contributed by atoms with E-state index in [0.717, 1.165) is 29.7 Å². The Balaban J connectivity index is 1.30. The van der Waals surface area contributed by atoms with Gasteiger partial charge in [0.15, 0.2) is 17.3 Å². The fourth-order valence-electron chi connectivity index (χ4n) is 5.41. The van der Waals surface area contributed by atoms with Crippen molar-refractivity contribution in [3.05, 3.63) is 108 Å². The summed E-state index contributed by atoms with van der Waals surface area (Å²) < 4.78 is 3.69. The van der Waals surface area contributed by atoms with Crippen molar-refractivity contribution in [3.8, 4) is 22.9 Å². The molecule has 1 aliphatic rings. The molecule has 11 nitrogen and oxygen atoms in total. The van der Waals surface area contributed by atoms with Gasteiger partial charge in [-0.15, -0.1) is 0 Å². The molecule has 41 heavy (non-hydrogen) atoms. The molecule has 0 fully saturated rings. The number of pyridine rings is 3. The molecule has 5 aromatic heterocycles. The topological polar surface area (TPSA) is 150 Å². The van der Waals surface area contributed by atoms with E-state index in [1.54, 1.807) is 35.4 Å². The molecule has 0 radical (unpaired) electrons. The minimum atomic E-state index is -0.299. The van der Waals surface area contributed by atoms with Crippen LogP contribution in [0.1, 0.15) is 39.6 Å². The number of carbonyl (C=O) groups is 1. The lowest BCUT2D eigenvalue weighted by Crippen LogP contribution is -2.28. The van der Waals surface area contributed by atoms with E-state index in [9.17, 15) is 9.90 Å². The zero-order valence-corrected chi connectivity index (χ0v) is 21.8. The quantitative estimate of drug-likeness (QED) is 0.289. The van der Waals surface area contributed by atoms with E-state index in [2.05, 4.69) is 26.4 Å². The molecule has 1 aliphatic carbocycles. The van der Waals surface area contributed by atoms with Crippen LogP contribution in [-0.2, 0) is 13.0 Å². The maximum absolute atomic E-state index is 13.0. The second kappa shape index (κ2) is 9.96. The maximum atomic E-state index is 13.0. The number of nitrogens with one attached hydrogen (secondary N) is 1. The molecule has 6 aromatic rings. The summed E-state index contributed by atoms with van der Waals surface area (Å²) in [5.74, 6) is 1.41. The number of nitrogen functional groups attached to an aromatic ring is 1. The predicted octanol–water partition coefficient (Wildman–Crippen LogP) is 3.56. The SMILES string of the molecule is Nc1ncccc1-c1nc2ccc(-n3cccn3)nc2n1-c1ccc2c(c1)CC[C@@H]2NC(=O)c1cccnc1CO. The van der Waals surface area contributed by atoms with Gasteiger partial charge < -0.3 is 16.2 Å². The van der Waals surface area contributed by atoms with Gasteiger partial charge in [-0.2, -0.15) is 5.10 Å². The highest BCUT2D eigenvalue weighted by atomic mass is 16.3. The van der Waals surface area contributed by atoms with Gasteiger partial charge in [0.1, 0.15) is 11.3 Å². The van der Waals surface area contributed by atoms with Crippen molar-refractivity contribution in [2.24, 2.45) is 0 Å². The number of aliphatic hydroxyl groups excluding tert-OH is 1. The Morgan fingerprint density at radius 3 is 2.73 bits per heavy atom. The summed E-state index contributed by atoms with van der Waals surface area (Å²) in [7, 11) is 0. The first-order valence-corrected chi connectivity index (χ1v) is 13.2. The van der Waals surface area contributed by atoms with Crippen LogP contribution in [0.4, 0.5) is 5.82 Å². The first-order valence-electron chi connectivity index (χ1n) is 13.2. The van der Waals surface area contributed by atoms with Crippen LogP contribution in [-0.4, -0.2) is 45.3 Å². The predicted molar refractivity (Wildman–Crippen MR) is 152 cm³/mol. The Kier molecular flexibility index (Phi) is 5.98. The van der Waals surface area contributed by atoms with Gasteiger partial charge in [0, 0.05) is 30.5 Å². The minimum absolute atomic E-state index is 0.157. The first-order chi connectivity index (χ1) is 20.1. The van der Waals surface area contributed by atoms with Crippen molar-refractivity contribution in [3.63, 3.8) is 0 Å². The lowest BCUT2D eigenvalue weighted by molar-refractivity contribution is 0.0933. The minimum Gasteiger partial charge on any atom is -0.390 e. The Hall–Kier alpha value is -5.42. The average molecular weight is 544 g/mol. The number of aryl methyl sites for hydroxylation is 1. The summed E-state index contributed by atoms with van der Waals surface area (Å²) in [6, 6.07) is 18.7. The molecule has 202 valence electrons. The lowest BCUT2D eigenvalue weighted by Gasteiger charge is -2.16. The average Bonchev–Trinajstić information content (AvgIpc) is 3.76. The molecule has 11 heteroatoms. The number of anilines is 1. The summed E-state index contributed by atoms with van der Waals surface area (Å²) in [6.07, 6.45) is 8.31. The molecule has 0 spiro atoms. The summed E-state index contributed by atoms with van der Waals surface area (Å²) in [5.41, 5.74) is 12.1. The molecule has 7 rings (SSSR count). The number of imidazole rings is 1. The van der Waals surface area contributed by atoms with Crippen molar-refractivity contribution in [2.75, 3.05) is 5.73 Å². The van der Waals surface area contributed by atoms with Crippen molar-refractivity contribution in [1.29, 1.82) is 0 Å². The van der Waals surface area contributed by atoms with E-state index >= 15 is 0 Å². The van der Waals surface area contributed by atoms with Crippen molar-refractivity contribution < 1.29 is 9.90 Å². The van der Waals surface area contributed by atoms with Crippen LogP contribution in [0.25, 0.3) is 34.1 Å². The van der Waals surface area contributed by atoms with Crippen molar-refractivity contribution in [1.82, 2.24) is 39.6 Å². The highest BCUT2D eigenvalue weighted by Gasteiger charge is 2.27. The highest BCUT2D eigenvalue weighted by molar-refractivity contribution is 5.95. The zero-order valence-electron chi connectivity index (χ0n) is 21.8. The number of aromatic nitrogens is 7. The van der Waals surface area contributed by atoms with Crippen molar-refractivity contribution in [2.45, 2.75) is 25.5 Å². The van der Waals surface area contributed by atoms with E-state index in [1.165, 1.54) is 0 Å². The Labute approximate surface area is 234 Å². The van der Waals surface area contributed by atoms with Crippen LogP contribution in [0.2, 0.25) is 0 Å². The number of carbonyl (C=O) groups excluding carboxylic acids is 1. The Morgan fingerprint density at radius 2 is 1.90 bits per heavy atom. The first kappa shape index (κ1) is 24.6. The molecule has 0 unspecified atom stereocenters. The monoisotopic (exact) mass is 543 g/mol. The fraction of sp³-hybridized carbons (Fsp3) is 0.133. The molecule has 0 saturated carbocycles. The summed E-state index contributed by atoms with van der Waals surface area (Å²) >= 11 is 0. The van der Waals surface area contributed by atoms with Crippen LogP contribution >= 0.6 is 0 Å². The second-order valence-corrected chi connectivity index (χ2v) is 9.77. The van der Waals surface area contributed by atoms with Crippen LogP contribution in [0, 0.1) is 0 Å². The molecule has 5 heterocycles. The molecule has 0 bridgehead atoms. The van der Waals surface area contributed by atoms with E-state index < -0.39 is 0 Å². The zero-order chi connectivity index (χ0) is 27.9. The smallest absolute Gasteiger partial charge is 0.253 e. The third kappa shape index (κ3) is 4.28. The third-order valence-corrected chi connectivity index (χ3v) is 7.36. The van der Waals surface area contributed by atoms with Crippen LogP contribution in [0.3, 0.4) is 0 Å². The largest absolute Gasteiger partial charge is 0.390 e. The van der Waals surface area contributed by atoms with Crippen LogP contribution in [0.5, 0.6) is 0 Å². The van der Waals surface area contributed by atoms with Gasteiger partial charge in [-0.25, -0.2) is 19.6 Å². The number of aliphatic hydroxyl groups is 1. The number of hydrogen-bond donors (Lipinski definition) is 3. The lowest BCUT2D eigenvalue weighted by atomic mass is 10.1. The van der Waals surface area contributed by atoms with Gasteiger partial charge in [-0.05, 0) is 78.6 Å². The summed E-state index contributed by atoms with van der Waals surface area (Å²) in [6.45, 7) is -0.299. The molecule has 1 atom stereocenters. The fourth-order valence-corrected chi connectivity index (χ4v) is 5.41. The normalized spacial score (nSPS) is 14.3. The number of amides is 1. The standard InChI is InChI=1S/C30H25N9O2/c31-27-22(5-2-13-33-27)28-35-24-10-11-26(38-15-3-14-34-38)37-29(24)39(28)19-7-8-20-18(16-19)6-9-23(20)36-30(41)21-4-1-12-32-25(21)17-40/h1-5,7-8,10-16,23,40H,6,9,17H2,(H2,31,33)(H,36,41)/t23-/m0/s1. The maximum Gasteiger partial charge on any atom is 0.253 e. The van der Waals surface area contributed by atoms with E-state index in [0.29, 0.717) is 45.4 Å².